The number of carbonyl (C=O) groups is 2. The van der Waals surface area contributed by atoms with E-state index in [0.717, 1.165) is 47.5 Å². The van der Waals surface area contributed by atoms with E-state index in [-0.39, 0.29) is 62.6 Å². The fourth-order valence-electron chi connectivity index (χ4n) is 10.4. The second-order valence-electron chi connectivity index (χ2n) is 21.5. The molecular formula is C64H101N4O9P. The molecule has 1 N–H and O–H groups in total. The normalized spacial score (nSPS) is 15.4. The minimum atomic E-state index is -1.54. The Hall–Kier alpha value is -4.28. The molecule has 1 aliphatic rings. The molecule has 0 aliphatic carbocycles. The average Bonchev–Trinajstić information content (AvgIpc) is 3.93. The summed E-state index contributed by atoms with van der Waals surface area (Å²) in [7, 11) is 1.77. The molecule has 13 nitrogen and oxygen atoms in total. The van der Waals surface area contributed by atoms with E-state index in [0.29, 0.717) is 45.4 Å². The van der Waals surface area contributed by atoms with Crippen molar-refractivity contribution in [1.29, 1.82) is 0 Å². The summed E-state index contributed by atoms with van der Waals surface area (Å²) in [5.41, 5.74) is 1.67. The molecule has 4 atom stereocenters. The third-order valence-electron chi connectivity index (χ3n) is 14.8. The molecule has 0 bridgehead atoms. The summed E-state index contributed by atoms with van der Waals surface area (Å²) in [5.74, 6) is 1.48. The van der Waals surface area contributed by atoms with Crippen LogP contribution in [0.4, 0.5) is 4.79 Å². The van der Waals surface area contributed by atoms with Gasteiger partial charge in [0.25, 0.3) is 8.53 Å². The topological polar surface area (TPSA) is 122 Å². The number of ether oxygens (including phenoxy) is 5. The van der Waals surface area contributed by atoms with Gasteiger partial charge in [-0.3, -0.25) is 4.79 Å². The summed E-state index contributed by atoms with van der Waals surface area (Å²) in [6, 6.07) is 26.0. The summed E-state index contributed by atoms with van der Waals surface area (Å²) in [5, 5.41) is 2.90. The van der Waals surface area contributed by atoms with Crippen LogP contribution in [0.1, 0.15) is 199 Å². The number of amides is 2. The van der Waals surface area contributed by atoms with Gasteiger partial charge in [0.15, 0.2) is 0 Å². The molecule has 1 saturated heterocycles. The summed E-state index contributed by atoms with van der Waals surface area (Å²) in [6.07, 6.45) is 24.3. The van der Waals surface area contributed by atoms with Crippen LogP contribution < -0.4 is 14.8 Å². The summed E-state index contributed by atoms with van der Waals surface area (Å²) in [6.45, 7) is 22.7. The van der Waals surface area contributed by atoms with E-state index < -0.39 is 20.2 Å². The van der Waals surface area contributed by atoms with Gasteiger partial charge < -0.3 is 47.8 Å². The second kappa shape index (κ2) is 39.2. The Morgan fingerprint density at radius 3 is 1.74 bits per heavy atom. The van der Waals surface area contributed by atoms with Crippen LogP contribution in [0.5, 0.6) is 11.5 Å². The Balaban J connectivity index is 1.30. The Bertz CT molecular complexity index is 2020. The first-order valence-electron chi connectivity index (χ1n) is 30.0. The Kier molecular flexibility index (Phi) is 33.3. The van der Waals surface area contributed by atoms with Gasteiger partial charge >= 0.3 is 6.09 Å². The predicted molar refractivity (Wildman–Crippen MR) is 317 cm³/mol. The van der Waals surface area contributed by atoms with Crippen molar-refractivity contribution < 1.29 is 42.3 Å². The first kappa shape index (κ1) is 66.2. The molecule has 3 aromatic rings. The number of hydrogen-bond donors (Lipinski definition) is 1. The Morgan fingerprint density at radius 1 is 0.705 bits per heavy atom. The van der Waals surface area contributed by atoms with Crippen LogP contribution in [0.15, 0.2) is 78.9 Å². The van der Waals surface area contributed by atoms with Crippen LogP contribution in [0.2, 0.25) is 0 Å². The van der Waals surface area contributed by atoms with Crippen LogP contribution in [-0.4, -0.2) is 112 Å². The minimum absolute atomic E-state index is 0.0225. The van der Waals surface area contributed by atoms with Crippen molar-refractivity contribution >= 4 is 20.5 Å². The molecule has 1 heterocycles. The van der Waals surface area contributed by atoms with Crippen molar-refractivity contribution in [2.45, 2.75) is 219 Å². The van der Waals surface area contributed by atoms with Crippen molar-refractivity contribution in [1.82, 2.24) is 14.9 Å². The number of hydrogen-bond acceptors (Lipinski definition) is 10. The second-order valence-corrected chi connectivity index (χ2v) is 22.9. The summed E-state index contributed by atoms with van der Waals surface area (Å²) in [4.78, 5) is 32.7. The van der Waals surface area contributed by atoms with Crippen molar-refractivity contribution in [2.75, 3.05) is 60.3 Å². The molecule has 1 fully saturated rings. The smallest absolute Gasteiger partial charge is 0.407 e. The van der Waals surface area contributed by atoms with E-state index in [9.17, 15) is 9.59 Å². The average molecular weight is 1100 g/mol. The lowest BCUT2D eigenvalue weighted by Crippen LogP contribution is -2.42. The monoisotopic (exact) mass is 1100 g/mol. The van der Waals surface area contributed by atoms with E-state index in [4.69, 9.17) is 39.3 Å². The van der Waals surface area contributed by atoms with Crippen LogP contribution in [-0.2, 0) is 33.7 Å². The maximum Gasteiger partial charge on any atom is 0.407 e. The molecule has 1 aliphatic heterocycles. The highest BCUT2D eigenvalue weighted by Crippen LogP contribution is 2.49. The third kappa shape index (κ3) is 23.4. The van der Waals surface area contributed by atoms with E-state index in [1.807, 2.05) is 71.6 Å². The number of methoxy groups -OCH3 is 2. The molecule has 0 spiro atoms. The number of benzene rings is 3. The number of alkyl carbamates (subject to hydrolysis) is 1. The molecule has 2 amide bonds. The van der Waals surface area contributed by atoms with Gasteiger partial charge in [-0.15, -0.1) is 0 Å². The van der Waals surface area contributed by atoms with Gasteiger partial charge in [0.1, 0.15) is 30.3 Å². The highest BCUT2D eigenvalue weighted by molar-refractivity contribution is 7.44. The number of nitrogens with zero attached hydrogens (tertiary/aromatic N) is 3. The maximum atomic E-state index is 14.5. The number of unbranched alkanes of at least 4 members (excludes halogenated alkanes) is 17. The zero-order valence-electron chi connectivity index (χ0n) is 49.4. The lowest BCUT2D eigenvalue weighted by molar-refractivity contribution is -0.134. The maximum absolute atomic E-state index is 14.5. The van der Waals surface area contributed by atoms with Crippen molar-refractivity contribution in [3.8, 4) is 11.5 Å². The highest BCUT2D eigenvalue weighted by atomic mass is 31.2. The number of carbonyl (C=O) groups excluding carboxylic acids is 2. The van der Waals surface area contributed by atoms with Gasteiger partial charge in [-0.05, 0) is 101 Å². The third-order valence-corrected chi connectivity index (χ3v) is 17.0. The van der Waals surface area contributed by atoms with Crippen molar-refractivity contribution in [2.24, 2.45) is 0 Å². The van der Waals surface area contributed by atoms with Crippen LogP contribution in [0.3, 0.4) is 0 Å². The van der Waals surface area contributed by atoms with E-state index in [1.165, 1.54) is 96.3 Å². The van der Waals surface area contributed by atoms with E-state index in [2.05, 4.69) is 68.5 Å². The summed E-state index contributed by atoms with van der Waals surface area (Å²) < 4.78 is 45.7. The molecule has 0 radical (unpaired) electrons. The standard InChI is InChI=1S/C64H101N4O9P/c1-10-12-13-14-15-16-17-18-19-20-21-22-23-24-25-32-46-73-58(11-2)51-74-63(70)66-44-31-27-30-35-62(69)67-49-61(77-78(76-47-45-65-7)68(52(3)4)53(5)6)48-57(67)50-75-64(54-33-28-26-29-34-54,55-36-40-59(71-8)41-37-55)56-38-42-60(72-9)43-39-56/h26,28-29,33-34,36-43,52-53,57-58,61H,10-25,27,30-32,35,44-51H2,1-6,8-9H3,(H,66,70)/t57-,58?,61-,78?/m1/s1. The lowest BCUT2D eigenvalue weighted by Gasteiger charge is -2.38. The fraction of sp³-hybridized carbons (Fsp3) is 0.672. The highest BCUT2D eigenvalue weighted by Gasteiger charge is 2.43. The van der Waals surface area contributed by atoms with Crippen molar-refractivity contribution in [3.63, 3.8) is 0 Å². The first-order chi connectivity index (χ1) is 38.0. The SMILES string of the molecule is [C-]#[N+]CCOP(O[C@@H]1C[C@H](COC(c2ccccc2)(c2ccc(OC)cc2)c2ccc(OC)cc2)N(C(=O)CCCCCNC(=O)OCC(CC)OCCCCCCCCCCCCCCCCCC)C1)N(C(C)C)C(C)C. The molecule has 2 unspecified atom stereocenters. The quantitative estimate of drug-likeness (QED) is 0.0254. The molecule has 4 rings (SSSR count). The van der Waals surface area contributed by atoms with Gasteiger partial charge in [0, 0.05) is 38.2 Å². The minimum Gasteiger partial charge on any atom is -0.497 e. The summed E-state index contributed by atoms with van der Waals surface area (Å²) >= 11 is 0. The molecule has 78 heavy (non-hydrogen) atoms. The Morgan fingerprint density at radius 2 is 1.23 bits per heavy atom. The van der Waals surface area contributed by atoms with Gasteiger partial charge in [0.2, 0.25) is 12.5 Å². The zero-order valence-corrected chi connectivity index (χ0v) is 50.3. The van der Waals surface area contributed by atoms with Gasteiger partial charge in [-0.25, -0.2) is 16.0 Å². The number of rotatable bonds is 43. The molecule has 436 valence electrons. The van der Waals surface area contributed by atoms with E-state index in [1.54, 1.807) is 14.2 Å². The molecule has 14 heteroatoms. The largest absolute Gasteiger partial charge is 0.497 e. The Labute approximate surface area is 473 Å². The van der Waals surface area contributed by atoms with E-state index >= 15 is 0 Å². The number of likely N-dealkylation sites (tertiary alicyclic amines) is 1. The lowest BCUT2D eigenvalue weighted by atomic mass is 9.80. The zero-order chi connectivity index (χ0) is 56.2. The molecule has 3 aromatic carbocycles. The van der Waals surface area contributed by atoms with Crippen LogP contribution in [0, 0.1) is 6.57 Å². The van der Waals surface area contributed by atoms with Gasteiger partial charge in [0.05, 0.1) is 39.1 Å². The van der Waals surface area contributed by atoms with Crippen LogP contribution >= 0.6 is 8.53 Å². The molecule has 0 aromatic heterocycles. The first-order valence-corrected chi connectivity index (χ1v) is 31.2. The number of nitrogens with one attached hydrogen (secondary N) is 1. The van der Waals surface area contributed by atoms with Gasteiger partial charge in [-0.1, -0.05) is 171 Å². The van der Waals surface area contributed by atoms with Crippen LogP contribution in [0.25, 0.3) is 4.85 Å². The van der Waals surface area contributed by atoms with Gasteiger partial charge in [-0.2, -0.15) is 0 Å². The van der Waals surface area contributed by atoms with Crippen molar-refractivity contribution in [3.05, 3.63) is 107 Å². The molecule has 0 saturated carbocycles. The fourth-order valence-corrected chi connectivity index (χ4v) is 12.1. The molecular weight excluding hydrogens is 1000 g/mol. The predicted octanol–water partition coefficient (Wildman–Crippen LogP) is 15.6.